The van der Waals surface area contributed by atoms with Crippen LogP contribution >= 0.6 is 0 Å². The number of fused-ring (bicyclic) bond motifs is 1. The second-order valence-electron chi connectivity index (χ2n) is 8.54. The van der Waals surface area contributed by atoms with Crippen LogP contribution in [0.25, 0.3) is 22.2 Å². The van der Waals surface area contributed by atoms with E-state index in [4.69, 9.17) is 0 Å². The third-order valence-corrected chi connectivity index (χ3v) is 6.00. The van der Waals surface area contributed by atoms with E-state index in [0.717, 1.165) is 28.8 Å². The van der Waals surface area contributed by atoms with E-state index >= 15 is 0 Å². The van der Waals surface area contributed by atoms with E-state index in [9.17, 15) is 9.90 Å². The zero-order chi connectivity index (χ0) is 24.5. The smallest absolute Gasteiger partial charge is 0.320 e. The normalized spacial score (nSPS) is 12.0. The van der Waals surface area contributed by atoms with Crippen molar-refractivity contribution in [3.05, 3.63) is 113 Å². The summed E-state index contributed by atoms with van der Waals surface area (Å²) in [6.45, 7) is 7.59. The number of ketones is 1. The standard InChI is InChI=1S/C16H22O2.C15H10N.Ir/c1-5-11(2)15-8-6-14(7-9-15)10-16(12(3)17)13(4)18;1-2-6-12(7-3-1)15-11-10-13-8-4-5-9-14(13)16-15;/h6-9,11,17H,5,10H2,1-4H3;1-6,8-11H;/q;-1;/p+1. The van der Waals surface area contributed by atoms with Crippen LogP contribution in [0.2, 0.25) is 0 Å². The van der Waals surface area contributed by atoms with E-state index in [1.54, 1.807) is 13.8 Å². The second-order valence-corrected chi connectivity index (χ2v) is 8.54. The Balaban J connectivity index is 0.000000241. The SMILES string of the molecule is CCC(C)c1ccc(CC(C(C)=[OH+])=C(C)O)cc1.[Ir].[c-]1ccccc1-c1ccc2ccccc2n1. The number of aromatic nitrogens is 1. The molecule has 0 saturated heterocycles. The summed E-state index contributed by atoms with van der Waals surface area (Å²) in [5.41, 5.74) is 6.06. The van der Waals surface area contributed by atoms with E-state index in [-0.39, 0.29) is 31.6 Å². The van der Waals surface area contributed by atoms with Gasteiger partial charge in [0.1, 0.15) is 5.76 Å². The molecule has 4 heteroatoms. The fraction of sp³-hybridized carbons (Fsp3) is 0.226. The maximum atomic E-state index is 9.52. The van der Waals surface area contributed by atoms with E-state index in [1.807, 2.05) is 48.5 Å². The van der Waals surface area contributed by atoms with Gasteiger partial charge in [0, 0.05) is 26.5 Å². The number of hydrogen-bond acceptors (Lipinski definition) is 2. The van der Waals surface area contributed by atoms with Crippen LogP contribution in [-0.2, 0) is 26.5 Å². The number of hydrogen-bond donors (Lipinski definition) is 1. The molecular formula is C31H33IrNO2. The summed E-state index contributed by atoms with van der Waals surface area (Å²) in [4.78, 5) is 14.1. The van der Waals surface area contributed by atoms with E-state index < -0.39 is 0 Å². The maximum absolute atomic E-state index is 9.52. The predicted molar refractivity (Wildman–Crippen MR) is 143 cm³/mol. The van der Waals surface area contributed by atoms with E-state index in [2.05, 4.69) is 61.3 Å². The van der Waals surface area contributed by atoms with Gasteiger partial charge < -0.3 is 5.11 Å². The van der Waals surface area contributed by atoms with Crippen molar-refractivity contribution in [2.24, 2.45) is 0 Å². The van der Waals surface area contributed by atoms with Crippen molar-refractivity contribution in [2.75, 3.05) is 0 Å². The molecule has 2 N–H and O–H groups in total. The number of para-hydroxylation sites is 1. The van der Waals surface area contributed by atoms with Gasteiger partial charge in [-0.15, -0.1) is 35.9 Å². The molecule has 0 aliphatic rings. The molecule has 0 fully saturated rings. The van der Waals surface area contributed by atoms with E-state index in [0.29, 0.717) is 17.9 Å². The monoisotopic (exact) mass is 644 g/mol. The third kappa shape index (κ3) is 7.99. The molecule has 183 valence electrons. The van der Waals surface area contributed by atoms with Crippen LogP contribution in [0.5, 0.6) is 0 Å². The largest absolute Gasteiger partial charge is 0.512 e. The van der Waals surface area contributed by atoms with Crippen molar-refractivity contribution in [3.63, 3.8) is 0 Å². The summed E-state index contributed by atoms with van der Waals surface area (Å²) >= 11 is 0. The molecule has 0 aliphatic heterocycles. The molecule has 0 amide bonds. The van der Waals surface area contributed by atoms with Crippen molar-refractivity contribution in [1.82, 2.24) is 4.98 Å². The molecular weight excluding hydrogens is 611 g/mol. The van der Waals surface area contributed by atoms with Gasteiger partial charge in [-0.1, -0.05) is 68.4 Å². The van der Waals surface area contributed by atoms with Crippen LogP contribution in [0.1, 0.15) is 51.2 Å². The van der Waals surface area contributed by atoms with Gasteiger partial charge in [-0.25, -0.2) is 0 Å². The van der Waals surface area contributed by atoms with Gasteiger partial charge in [-0.3, -0.25) is 9.78 Å². The first-order chi connectivity index (χ1) is 16.4. The molecule has 4 aromatic rings. The molecule has 1 aromatic heterocycles. The van der Waals surface area contributed by atoms with Crippen LogP contribution in [0.4, 0.5) is 0 Å². The Kier molecular flexibility index (Phi) is 11.0. The second kappa shape index (κ2) is 13.7. The van der Waals surface area contributed by atoms with Gasteiger partial charge in [0.2, 0.25) is 0 Å². The first-order valence-electron chi connectivity index (χ1n) is 11.7. The van der Waals surface area contributed by atoms with Gasteiger partial charge in [-0.2, -0.15) is 0 Å². The maximum Gasteiger partial charge on any atom is 0.320 e. The van der Waals surface area contributed by atoms with Crippen molar-refractivity contribution >= 4 is 16.7 Å². The van der Waals surface area contributed by atoms with Gasteiger partial charge >= 0.3 is 5.78 Å². The number of nitrogens with zero attached hydrogens (tertiary/aromatic N) is 1. The van der Waals surface area contributed by atoms with Crippen LogP contribution < -0.4 is 0 Å². The summed E-state index contributed by atoms with van der Waals surface area (Å²) in [5, 5.41) is 10.7. The predicted octanol–water partition coefficient (Wildman–Crippen LogP) is 7.84. The summed E-state index contributed by atoms with van der Waals surface area (Å²) in [6.07, 6.45) is 1.69. The molecule has 0 spiro atoms. The fourth-order valence-corrected chi connectivity index (χ4v) is 3.69. The van der Waals surface area contributed by atoms with Gasteiger partial charge in [0.05, 0.1) is 18.0 Å². The Labute approximate surface area is 222 Å². The average Bonchev–Trinajstić information content (AvgIpc) is 2.87. The van der Waals surface area contributed by atoms with E-state index in [1.165, 1.54) is 10.9 Å². The molecule has 4 rings (SSSR count). The zero-order valence-electron chi connectivity index (χ0n) is 20.7. The number of aliphatic hydroxyl groups is 1. The zero-order valence-corrected chi connectivity index (χ0v) is 23.1. The molecule has 3 nitrogen and oxygen atoms in total. The number of pyridine rings is 1. The first-order valence-corrected chi connectivity index (χ1v) is 11.7. The Morgan fingerprint density at radius 2 is 1.63 bits per heavy atom. The molecule has 1 atom stereocenters. The Bertz CT molecular complexity index is 1260. The molecule has 3 aromatic carbocycles. The number of carbonyl (C=O) groups excluding carboxylic acids is 1. The quantitative estimate of drug-likeness (QED) is 0.101. The van der Waals surface area contributed by atoms with Crippen molar-refractivity contribution in [1.29, 1.82) is 0 Å². The Hall–Kier alpha value is -3.07. The number of rotatable bonds is 6. The minimum atomic E-state index is 0. The van der Waals surface area contributed by atoms with Crippen LogP contribution in [0.15, 0.2) is 96.3 Å². The molecule has 0 saturated carbocycles. The molecule has 1 heterocycles. The summed E-state index contributed by atoms with van der Waals surface area (Å²) in [5.74, 6) is 0.932. The summed E-state index contributed by atoms with van der Waals surface area (Å²) < 4.78 is 0. The summed E-state index contributed by atoms with van der Waals surface area (Å²) in [7, 11) is 0. The summed E-state index contributed by atoms with van der Waals surface area (Å²) in [6, 6.07) is 31.7. The van der Waals surface area contributed by atoms with Gasteiger partial charge in [0.25, 0.3) is 0 Å². The number of allylic oxidation sites excluding steroid dienone is 2. The van der Waals surface area contributed by atoms with Gasteiger partial charge in [0.15, 0.2) is 0 Å². The van der Waals surface area contributed by atoms with Crippen LogP contribution in [0.3, 0.4) is 0 Å². The molecule has 1 unspecified atom stereocenters. The first kappa shape index (κ1) is 28.2. The molecule has 35 heavy (non-hydrogen) atoms. The topological polar surface area (TPSA) is 54.5 Å². The Morgan fingerprint density at radius 1 is 0.943 bits per heavy atom. The van der Waals surface area contributed by atoms with Crippen molar-refractivity contribution in [2.45, 2.75) is 46.5 Å². The fourth-order valence-electron chi connectivity index (χ4n) is 3.69. The van der Waals surface area contributed by atoms with Crippen LogP contribution in [-0.4, -0.2) is 20.7 Å². The average molecular weight is 644 g/mol. The minimum absolute atomic E-state index is 0. The molecule has 0 aliphatic carbocycles. The van der Waals surface area contributed by atoms with Crippen molar-refractivity contribution in [3.8, 4) is 11.3 Å². The molecule has 1 radical (unpaired) electrons. The minimum Gasteiger partial charge on any atom is -0.512 e. The number of aliphatic hydroxyl groups excluding tert-OH is 1. The third-order valence-electron chi connectivity index (χ3n) is 6.00. The Morgan fingerprint density at radius 3 is 2.23 bits per heavy atom. The number of benzene rings is 3. The van der Waals surface area contributed by atoms with Gasteiger partial charge in [-0.05, 0) is 47.5 Å². The van der Waals surface area contributed by atoms with Crippen molar-refractivity contribution < 1.29 is 30.0 Å². The van der Waals surface area contributed by atoms with Crippen LogP contribution in [0, 0.1) is 6.07 Å². The molecule has 0 bridgehead atoms.